The highest BCUT2D eigenvalue weighted by molar-refractivity contribution is 5.93. The molecule has 0 saturated carbocycles. The smallest absolute Gasteiger partial charge is 0.408 e. The average molecular weight is 546 g/mol. The van der Waals surface area contributed by atoms with Crippen LogP contribution in [0, 0.1) is 12.3 Å². The highest BCUT2D eigenvalue weighted by atomic mass is 16.6. The van der Waals surface area contributed by atoms with E-state index in [1.807, 2.05) is 0 Å². The third kappa shape index (κ3) is 11.8. The van der Waals surface area contributed by atoms with Crippen molar-refractivity contribution in [3.63, 3.8) is 0 Å². The number of methoxy groups -OCH3 is 1. The lowest BCUT2D eigenvalue weighted by molar-refractivity contribution is -0.145. The zero-order valence-electron chi connectivity index (χ0n) is 23.7. The third-order valence-electron chi connectivity index (χ3n) is 5.81. The van der Waals surface area contributed by atoms with Crippen LogP contribution in [0.1, 0.15) is 83.4 Å². The predicted molar refractivity (Wildman–Crippen MR) is 147 cm³/mol. The second kappa shape index (κ2) is 17.1. The minimum Gasteiger partial charge on any atom is -0.468 e. The molecule has 3 amide bonds. The van der Waals surface area contributed by atoms with E-state index in [0.29, 0.717) is 17.5 Å². The largest absolute Gasteiger partial charge is 0.468 e. The van der Waals surface area contributed by atoms with Crippen molar-refractivity contribution < 1.29 is 33.8 Å². The molecule has 0 saturated heterocycles. The number of carbonyl (C=O) groups is 4. The van der Waals surface area contributed by atoms with Crippen molar-refractivity contribution in [1.29, 1.82) is 0 Å². The van der Waals surface area contributed by atoms with Gasteiger partial charge in [0.15, 0.2) is 0 Å². The van der Waals surface area contributed by atoms with Gasteiger partial charge in [-0.2, -0.15) is 0 Å². The molecule has 10 heteroatoms. The molecule has 0 aliphatic rings. The Balaban J connectivity index is 3.43. The summed E-state index contributed by atoms with van der Waals surface area (Å²) in [5.74, 6) is 0.529. The van der Waals surface area contributed by atoms with E-state index >= 15 is 0 Å². The van der Waals surface area contributed by atoms with E-state index in [4.69, 9.17) is 11.2 Å². The fraction of sp³-hybridized carbons (Fsp3) is 0.586. The van der Waals surface area contributed by atoms with Gasteiger partial charge in [0.05, 0.1) is 13.7 Å². The number of aliphatic hydroxyl groups is 1. The molecule has 10 nitrogen and oxygen atoms in total. The van der Waals surface area contributed by atoms with Gasteiger partial charge in [-0.15, -0.1) is 6.42 Å². The van der Waals surface area contributed by atoms with Gasteiger partial charge in [-0.3, -0.25) is 14.4 Å². The number of nitrogens with one attached hydrogen (secondary N) is 2. The van der Waals surface area contributed by atoms with E-state index in [0.717, 1.165) is 32.1 Å². The lowest BCUT2D eigenvalue weighted by Gasteiger charge is -2.34. The normalized spacial score (nSPS) is 12.4. The Morgan fingerprint density at radius 3 is 2.31 bits per heavy atom. The van der Waals surface area contributed by atoms with E-state index in [-0.39, 0.29) is 6.54 Å². The third-order valence-corrected chi connectivity index (χ3v) is 5.81. The first kappa shape index (κ1) is 33.4. The molecule has 0 fully saturated rings. The molecule has 2 unspecified atom stereocenters. The fourth-order valence-electron chi connectivity index (χ4n) is 3.91. The van der Waals surface area contributed by atoms with Crippen molar-refractivity contribution in [3.8, 4) is 12.3 Å². The number of rotatable bonds is 15. The number of carbonyl (C=O) groups excluding carboxylic acids is 4. The van der Waals surface area contributed by atoms with Crippen LogP contribution in [-0.4, -0.2) is 72.3 Å². The SMILES string of the molecule is C#Cc1ccccc1C(C(=O)NCC(=O)OC)N(CCCCCCCC)C(=O)C(CO)NC(=O)OC(C)(C)C. The number of hydrogen-bond acceptors (Lipinski definition) is 7. The number of aliphatic hydroxyl groups excluding tert-OH is 1. The number of esters is 1. The molecule has 39 heavy (non-hydrogen) atoms. The number of nitrogens with zero attached hydrogens (tertiary/aromatic N) is 1. The van der Waals surface area contributed by atoms with E-state index < -0.39 is 54.7 Å². The van der Waals surface area contributed by atoms with Crippen LogP contribution in [0.2, 0.25) is 0 Å². The Kier molecular flexibility index (Phi) is 14.7. The van der Waals surface area contributed by atoms with Gasteiger partial charge >= 0.3 is 12.1 Å². The minimum atomic E-state index is -1.38. The Hall–Kier alpha value is -3.58. The second-order valence-electron chi connectivity index (χ2n) is 10.1. The average Bonchev–Trinajstić information content (AvgIpc) is 2.90. The number of amides is 3. The number of hydrogen-bond donors (Lipinski definition) is 3. The topological polar surface area (TPSA) is 134 Å². The van der Waals surface area contributed by atoms with E-state index in [9.17, 15) is 24.3 Å². The van der Waals surface area contributed by atoms with Gasteiger partial charge in [-0.1, -0.05) is 63.1 Å². The molecule has 2 atom stereocenters. The first-order valence-corrected chi connectivity index (χ1v) is 13.3. The summed E-state index contributed by atoms with van der Waals surface area (Å²) in [6, 6.07) is 4.06. The van der Waals surface area contributed by atoms with E-state index in [2.05, 4.69) is 28.2 Å². The maximum Gasteiger partial charge on any atom is 0.408 e. The van der Waals surface area contributed by atoms with Crippen LogP contribution in [0.4, 0.5) is 4.79 Å². The quantitative estimate of drug-likeness (QED) is 0.175. The van der Waals surface area contributed by atoms with Crippen molar-refractivity contribution >= 4 is 23.9 Å². The van der Waals surface area contributed by atoms with Crippen LogP contribution in [0.5, 0.6) is 0 Å². The number of ether oxygens (including phenoxy) is 2. The van der Waals surface area contributed by atoms with Gasteiger partial charge in [0.25, 0.3) is 0 Å². The summed E-state index contributed by atoms with van der Waals surface area (Å²) in [6.07, 6.45) is 10.4. The Labute approximate surface area is 231 Å². The summed E-state index contributed by atoms with van der Waals surface area (Å²) < 4.78 is 9.88. The van der Waals surface area contributed by atoms with Crippen molar-refractivity contribution in [2.24, 2.45) is 0 Å². The Morgan fingerprint density at radius 1 is 1.08 bits per heavy atom. The molecule has 0 bridgehead atoms. The summed E-state index contributed by atoms with van der Waals surface area (Å²) in [5.41, 5.74) is -0.0688. The van der Waals surface area contributed by atoms with Gasteiger partial charge in [0.1, 0.15) is 24.2 Å². The Morgan fingerprint density at radius 2 is 1.72 bits per heavy atom. The molecule has 0 spiro atoms. The molecule has 0 radical (unpaired) electrons. The fourth-order valence-corrected chi connectivity index (χ4v) is 3.91. The van der Waals surface area contributed by atoms with Crippen LogP contribution in [0.3, 0.4) is 0 Å². The van der Waals surface area contributed by atoms with Gasteiger partial charge in [-0.05, 0) is 38.8 Å². The van der Waals surface area contributed by atoms with Crippen molar-refractivity contribution in [2.75, 3.05) is 26.8 Å². The molecular formula is C29H43N3O7. The van der Waals surface area contributed by atoms with Gasteiger partial charge in [-0.25, -0.2) is 4.79 Å². The molecule has 0 aliphatic carbocycles. The summed E-state index contributed by atoms with van der Waals surface area (Å²) in [5, 5.41) is 15.0. The summed E-state index contributed by atoms with van der Waals surface area (Å²) in [7, 11) is 1.20. The molecule has 1 aromatic rings. The van der Waals surface area contributed by atoms with Gasteiger partial charge in [0.2, 0.25) is 11.8 Å². The van der Waals surface area contributed by atoms with Crippen molar-refractivity contribution in [2.45, 2.75) is 83.9 Å². The molecular weight excluding hydrogens is 502 g/mol. The first-order chi connectivity index (χ1) is 18.5. The maximum atomic E-state index is 13.8. The van der Waals surface area contributed by atoms with Crippen molar-refractivity contribution in [1.82, 2.24) is 15.5 Å². The predicted octanol–water partition coefficient (Wildman–Crippen LogP) is 3.07. The zero-order chi connectivity index (χ0) is 29.4. The molecule has 0 aliphatic heterocycles. The standard InChI is InChI=1S/C29H43N3O7/c1-7-9-10-11-12-15-18-32(27(36)23(20-33)31-28(37)39-29(3,4)5)25(26(35)30-19-24(34)38-6)22-17-14-13-16-21(22)8-2/h2,13-14,16-17,23,25,33H,7,9-12,15,18-20H2,1,3-6H3,(H,30,35)(H,31,37). The molecule has 3 N–H and O–H groups in total. The summed E-state index contributed by atoms with van der Waals surface area (Å²) >= 11 is 0. The second-order valence-corrected chi connectivity index (χ2v) is 10.1. The monoisotopic (exact) mass is 545 g/mol. The molecule has 1 aromatic carbocycles. The summed E-state index contributed by atoms with van der Waals surface area (Å²) in [6.45, 7) is 6.14. The van der Waals surface area contributed by atoms with Crippen LogP contribution in [0.25, 0.3) is 0 Å². The highest BCUT2D eigenvalue weighted by Gasteiger charge is 2.37. The number of terminal acetylenes is 1. The first-order valence-electron chi connectivity index (χ1n) is 13.3. The number of alkyl carbamates (subject to hydrolysis) is 1. The Bertz CT molecular complexity index is 997. The lowest BCUT2D eigenvalue weighted by atomic mass is 9.97. The van der Waals surface area contributed by atoms with Crippen LogP contribution >= 0.6 is 0 Å². The van der Waals surface area contributed by atoms with E-state index in [1.165, 1.54) is 12.0 Å². The highest BCUT2D eigenvalue weighted by Crippen LogP contribution is 2.26. The van der Waals surface area contributed by atoms with Crippen molar-refractivity contribution in [3.05, 3.63) is 35.4 Å². The minimum absolute atomic E-state index is 0.146. The van der Waals surface area contributed by atoms with E-state index in [1.54, 1.807) is 45.0 Å². The molecule has 216 valence electrons. The molecule has 0 heterocycles. The molecule has 0 aromatic heterocycles. The number of unbranched alkanes of at least 4 members (excludes halogenated alkanes) is 5. The number of benzene rings is 1. The lowest BCUT2D eigenvalue weighted by Crippen LogP contribution is -2.55. The maximum absolute atomic E-state index is 13.8. The molecule has 1 rings (SSSR count). The van der Waals surface area contributed by atoms with Gasteiger partial charge < -0.3 is 30.1 Å². The van der Waals surface area contributed by atoms with Gasteiger partial charge in [0, 0.05) is 12.1 Å². The van der Waals surface area contributed by atoms with Crippen LogP contribution in [0.15, 0.2) is 24.3 Å². The van der Waals surface area contributed by atoms with Crippen LogP contribution < -0.4 is 10.6 Å². The summed E-state index contributed by atoms with van der Waals surface area (Å²) in [4.78, 5) is 52.8. The zero-order valence-corrected chi connectivity index (χ0v) is 23.7. The van der Waals surface area contributed by atoms with Crippen LogP contribution in [-0.2, 0) is 23.9 Å².